The van der Waals surface area contributed by atoms with E-state index in [4.69, 9.17) is 0 Å². The summed E-state index contributed by atoms with van der Waals surface area (Å²) in [5.41, 5.74) is 2.50. The summed E-state index contributed by atoms with van der Waals surface area (Å²) in [4.78, 5) is 49.3. The Morgan fingerprint density at radius 1 is 0.939 bits per heavy atom. The number of pyridine rings is 1. The molecule has 1 aromatic carbocycles. The van der Waals surface area contributed by atoms with Crippen LogP contribution >= 0.6 is 0 Å². The van der Waals surface area contributed by atoms with E-state index in [1.54, 1.807) is 24.5 Å². The van der Waals surface area contributed by atoms with E-state index in [2.05, 4.69) is 9.88 Å². The van der Waals surface area contributed by atoms with Gasteiger partial charge in [0.25, 0.3) is 11.8 Å². The molecule has 2 saturated heterocycles. The van der Waals surface area contributed by atoms with Crippen molar-refractivity contribution in [1.29, 1.82) is 0 Å². The van der Waals surface area contributed by atoms with Gasteiger partial charge in [-0.05, 0) is 49.4 Å². The number of amides is 3. The highest BCUT2D eigenvalue weighted by Crippen LogP contribution is 2.35. The lowest BCUT2D eigenvalue weighted by atomic mass is 9.94. The Kier molecular flexibility index (Phi) is 6.11. The van der Waals surface area contributed by atoms with Crippen molar-refractivity contribution < 1.29 is 14.4 Å². The van der Waals surface area contributed by atoms with Gasteiger partial charge in [-0.2, -0.15) is 0 Å². The van der Waals surface area contributed by atoms with E-state index in [0.717, 1.165) is 56.6 Å². The van der Waals surface area contributed by atoms with Gasteiger partial charge in [-0.3, -0.25) is 24.3 Å². The quantitative estimate of drug-likeness (QED) is 0.672. The smallest absolute Gasteiger partial charge is 0.263 e. The maximum atomic E-state index is 13.4. The molecule has 5 rings (SSSR count). The molecule has 33 heavy (non-hydrogen) atoms. The third-order valence-electron chi connectivity index (χ3n) is 7.07. The van der Waals surface area contributed by atoms with Crippen LogP contribution in [0.25, 0.3) is 0 Å². The van der Waals surface area contributed by atoms with Crippen molar-refractivity contribution in [3.8, 4) is 0 Å². The lowest BCUT2D eigenvalue weighted by Crippen LogP contribution is -2.45. The largest absolute Gasteiger partial charge is 0.370 e. The summed E-state index contributed by atoms with van der Waals surface area (Å²) in [6.45, 7) is 3.29. The number of hydrogen-bond acceptors (Lipinski definition) is 5. The van der Waals surface area contributed by atoms with E-state index in [0.29, 0.717) is 17.7 Å². The van der Waals surface area contributed by atoms with Crippen LogP contribution in [0.2, 0.25) is 0 Å². The van der Waals surface area contributed by atoms with Crippen LogP contribution < -0.4 is 4.90 Å². The Morgan fingerprint density at radius 2 is 1.76 bits per heavy atom. The predicted octanol–water partition coefficient (Wildman–Crippen LogP) is 3.50. The number of carbonyl (C=O) groups is 3. The van der Waals surface area contributed by atoms with Crippen LogP contribution in [0.15, 0.2) is 42.7 Å². The lowest BCUT2D eigenvalue weighted by Gasteiger charge is -2.36. The average Bonchev–Trinajstić information content (AvgIpc) is 3.04. The molecule has 7 heteroatoms. The first kappa shape index (κ1) is 21.6. The number of benzene rings is 1. The number of imide groups is 1. The minimum atomic E-state index is -0.269. The van der Waals surface area contributed by atoms with Gasteiger partial charge in [-0.1, -0.05) is 25.0 Å². The number of carbonyl (C=O) groups excluding carboxylic acids is 3. The third kappa shape index (κ3) is 4.24. The maximum absolute atomic E-state index is 13.4. The molecular formula is C26H30N4O3. The Bertz CT molecular complexity index is 1050. The molecule has 0 saturated carbocycles. The molecule has 1 atom stereocenters. The number of piperidine rings is 1. The van der Waals surface area contributed by atoms with E-state index in [1.807, 2.05) is 23.1 Å². The Balaban J connectivity index is 1.36. The molecule has 0 bridgehead atoms. The monoisotopic (exact) mass is 446 g/mol. The van der Waals surface area contributed by atoms with Crippen molar-refractivity contribution in [3.05, 3.63) is 59.4 Å². The second kappa shape index (κ2) is 9.33. The first-order valence-electron chi connectivity index (χ1n) is 12.1. The van der Waals surface area contributed by atoms with Gasteiger partial charge in [-0.15, -0.1) is 0 Å². The summed E-state index contributed by atoms with van der Waals surface area (Å²) in [7, 11) is 0. The summed E-state index contributed by atoms with van der Waals surface area (Å²) in [6, 6.07) is 9.14. The zero-order valence-electron chi connectivity index (χ0n) is 18.9. The first-order chi connectivity index (χ1) is 16.1. The van der Waals surface area contributed by atoms with Crippen LogP contribution in [-0.4, -0.2) is 58.7 Å². The zero-order valence-corrected chi connectivity index (χ0v) is 18.9. The molecule has 0 aliphatic carbocycles. The van der Waals surface area contributed by atoms with Gasteiger partial charge in [0.2, 0.25) is 5.91 Å². The number of aromatic nitrogens is 1. The third-order valence-corrected chi connectivity index (χ3v) is 7.07. The lowest BCUT2D eigenvalue weighted by molar-refractivity contribution is -0.135. The van der Waals surface area contributed by atoms with Crippen molar-refractivity contribution in [2.45, 2.75) is 45.1 Å². The van der Waals surface area contributed by atoms with Crippen molar-refractivity contribution in [2.75, 3.05) is 31.1 Å². The Labute approximate surface area is 194 Å². The summed E-state index contributed by atoms with van der Waals surface area (Å²) in [6.07, 6.45) is 9.68. The molecule has 0 N–H and O–H groups in total. The van der Waals surface area contributed by atoms with Crippen LogP contribution in [0.3, 0.4) is 0 Å². The summed E-state index contributed by atoms with van der Waals surface area (Å²) in [5, 5.41) is 0. The molecule has 4 heterocycles. The molecule has 2 fully saturated rings. The van der Waals surface area contributed by atoms with E-state index < -0.39 is 0 Å². The normalized spacial score (nSPS) is 21.2. The van der Waals surface area contributed by atoms with Crippen LogP contribution in [0.5, 0.6) is 0 Å². The topological polar surface area (TPSA) is 73.8 Å². The SMILES string of the molecule is O=C([C@@H]1CCCN(c2cccc3c2C(=O)N(Cc2cccnc2)C3=O)C1)N1CCCCCC1. The van der Waals surface area contributed by atoms with E-state index >= 15 is 0 Å². The Hall–Kier alpha value is -3.22. The van der Waals surface area contributed by atoms with Crippen molar-refractivity contribution in [3.63, 3.8) is 0 Å². The second-order valence-corrected chi connectivity index (χ2v) is 9.28. The van der Waals surface area contributed by atoms with Gasteiger partial charge in [0, 0.05) is 38.6 Å². The van der Waals surface area contributed by atoms with Gasteiger partial charge in [0.05, 0.1) is 29.3 Å². The van der Waals surface area contributed by atoms with Gasteiger partial charge < -0.3 is 9.80 Å². The van der Waals surface area contributed by atoms with E-state index in [-0.39, 0.29) is 30.2 Å². The summed E-state index contributed by atoms with van der Waals surface area (Å²) in [5.74, 6) is -0.355. The zero-order chi connectivity index (χ0) is 22.8. The molecule has 0 spiro atoms. The molecule has 172 valence electrons. The number of hydrogen-bond donors (Lipinski definition) is 0. The summed E-state index contributed by atoms with van der Waals surface area (Å²) < 4.78 is 0. The van der Waals surface area contributed by atoms with Gasteiger partial charge in [-0.25, -0.2) is 0 Å². The van der Waals surface area contributed by atoms with Crippen LogP contribution in [0, 0.1) is 5.92 Å². The molecule has 3 aliphatic rings. The van der Waals surface area contributed by atoms with E-state index in [1.165, 1.54) is 17.7 Å². The Morgan fingerprint density at radius 3 is 2.52 bits per heavy atom. The van der Waals surface area contributed by atoms with Crippen molar-refractivity contribution in [2.24, 2.45) is 5.92 Å². The molecule has 2 aromatic rings. The molecular weight excluding hydrogens is 416 g/mol. The minimum Gasteiger partial charge on any atom is -0.370 e. The number of anilines is 1. The average molecular weight is 447 g/mol. The van der Waals surface area contributed by atoms with Crippen molar-refractivity contribution >= 4 is 23.4 Å². The summed E-state index contributed by atoms with van der Waals surface area (Å²) >= 11 is 0. The molecule has 7 nitrogen and oxygen atoms in total. The van der Waals surface area contributed by atoms with Crippen molar-refractivity contribution in [1.82, 2.24) is 14.8 Å². The van der Waals surface area contributed by atoms with Gasteiger partial charge in [0.1, 0.15) is 0 Å². The van der Waals surface area contributed by atoms with Gasteiger partial charge >= 0.3 is 0 Å². The first-order valence-corrected chi connectivity index (χ1v) is 12.1. The van der Waals surface area contributed by atoms with Crippen LogP contribution in [-0.2, 0) is 11.3 Å². The fourth-order valence-corrected chi connectivity index (χ4v) is 5.34. The number of likely N-dealkylation sites (tertiary alicyclic amines) is 1. The molecule has 3 aliphatic heterocycles. The van der Waals surface area contributed by atoms with Gasteiger partial charge in [0.15, 0.2) is 0 Å². The number of nitrogens with zero attached hydrogens (tertiary/aromatic N) is 4. The highest BCUT2D eigenvalue weighted by atomic mass is 16.2. The highest BCUT2D eigenvalue weighted by Gasteiger charge is 2.39. The van der Waals surface area contributed by atoms with E-state index in [9.17, 15) is 14.4 Å². The standard InChI is InChI=1S/C26H30N4O3/c31-24(28-13-3-1-2-4-14-28)20-9-7-15-29(18-20)22-11-5-10-21-23(22)26(33)30(25(21)32)17-19-8-6-12-27-16-19/h5-6,8,10-12,16,20H,1-4,7,9,13-15,17-18H2/t20-/m1/s1. The number of fused-ring (bicyclic) bond motifs is 1. The maximum Gasteiger partial charge on any atom is 0.263 e. The molecule has 0 unspecified atom stereocenters. The predicted molar refractivity (Wildman–Crippen MR) is 125 cm³/mol. The second-order valence-electron chi connectivity index (χ2n) is 9.28. The molecule has 1 aromatic heterocycles. The fourth-order valence-electron chi connectivity index (χ4n) is 5.34. The highest BCUT2D eigenvalue weighted by molar-refractivity contribution is 6.23. The molecule has 0 radical (unpaired) electrons. The fraction of sp³-hybridized carbons (Fsp3) is 0.462. The minimum absolute atomic E-state index is 0.0635. The van der Waals surface area contributed by atoms with Crippen LogP contribution in [0.1, 0.15) is 64.8 Å². The number of rotatable bonds is 4. The molecule has 3 amide bonds. The van der Waals surface area contributed by atoms with Crippen LogP contribution in [0.4, 0.5) is 5.69 Å².